The molecule has 0 aliphatic heterocycles. The normalized spacial score (nSPS) is 11.8. The van der Waals surface area contributed by atoms with E-state index in [0.29, 0.717) is 11.6 Å². The molecule has 0 amide bonds. The summed E-state index contributed by atoms with van der Waals surface area (Å²) in [5.41, 5.74) is -2.61. The van der Waals surface area contributed by atoms with Gasteiger partial charge in [0.05, 0.1) is 14.7 Å². The van der Waals surface area contributed by atoms with Crippen LogP contribution in [0, 0.1) is 20.2 Å². The first-order valence-electron chi connectivity index (χ1n) is 7.01. The van der Waals surface area contributed by atoms with Crippen molar-refractivity contribution < 1.29 is 35.8 Å². The number of hydrogen-bond donors (Lipinski definition) is 2. The second-order valence-electron chi connectivity index (χ2n) is 5.22. The van der Waals surface area contributed by atoms with E-state index in [2.05, 4.69) is 0 Å². The Balaban J connectivity index is 0.00000420. The number of nitro groups is 2. The van der Waals surface area contributed by atoms with E-state index < -0.39 is 56.8 Å². The SMILES string of the molecule is O=[N+]([O-])c1ccc(C=Cc2ccc(S(=O)(=O)O)cc2)c(S(=O)(=O)O)c1[N+](=O)[O-].[NaH]. The average Bonchev–Trinajstić information content (AvgIpc) is 2.57. The number of benzene rings is 2. The van der Waals surface area contributed by atoms with Crippen molar-refractivity contribution in [2.45, 2.75) is 9.79 Å². The van der Waals surface area contributed by atoms with Crippen molar-refractivity contribution in [1.29, 1.82) is 0 Å². The van der Waals surface area contributed by atoms with Crippen LogP contribution in [-0.4, -0.2) is 65.3 Å². The van der Waals surface area contributed by atoms with Crippen molar-refractivity contribution in [3.63, 3.8) is 0 Å². The summed E-state index contributed by atoms with van der Waals surface area (Å²) in [6.45, 7) is 0. The molecule has 0 radical (unpaired) electrons. The molecular weight excluding hydrogens is 443 g/mol. The summed E-state index contributed by atoms with van der Waals surface area (Å²) in [7, 11) is -9.62. The van der Waals surface area contributed by atoms with E-state index >= 15 is 0 Å². The number of hydrogen-bond acceptors (Lipinski definition) is 8. The molecule has 0 bridgehead atoms. The zero-order chi connectivity index (χ0) is 21.3. The van der Waals surface area contributed by atoms with Crippen LogP contribution in [-0.2, 0) is 20.2 Å². The Morgan fingerprint density at radius 3 is 1.76 bits per heavy atom. The molecule has 29 heavy (non-hydrogen) atoms. The van der Waals surface area contributed by atoms with Gasteiger partial charge in [-0.15, -0.1) is 0 Å². The van der Waals surface area contributed by atoms with E-state index in [1.54, 1.807) is 0 Å². The third-order valence-corrected chi connectivity index (χ3v) is 5.22. The van der Waals surface area contributed by atoms with Gasteiger partial charge in [-0.1, -0.05) is 24.3 Å². The first kappa shape index (κ1) is 24.8. The fourth-order valence-electron chi connectivity index (χ4n) is 2.24. The van der Waals surface area contributed by atoms with Gasteiger partial charge in [-0.25, -0.2) is 0 Å². The molecule has 0 spiro atoms. The van der Waals surface area contributed by atoms with Crippen LogP contribution < -0.4 is 0 Å². The van der Waals surface area contributed by atoms with E-state index in [1.165, 1.54) is 18.2 Å². The quantitative estimate of drug-likeness (QED) is 0.212. The van der Waals surface area contributed by atoms with E-state index in [1.807, 2.05) is 0 Å². The molecule has 150 valence electrons. The van der Waals surface area contributed by atoms with Gasteiger partial charge in [-0.3, -0.25) is 29.3 Å². The molecule has 0 atom stereocenters. The van der Waals surface area contributed by atoms with Crippen LogP contribution in [0.1, 0.15) is 11.1 Å². The van der Waals surface area contributed by atoms with Gasteiger partial charge in [-0.05, 0) is 23.8 Å². The molecule has 0 aliphatic carbocycles. The first-order chi connectivity index (χ1) is 12.8. The third kappa shape index (κ3) is 5.89. The molecule has 12 nitrogen and oxygen atoms in total. The molecule has 0 aromatic heterocycles. The maximum absolute atomic E-state index is 11.6. The predicted molar refractivity (Wildman–Crippen MR) is 102 cm³/mol. The van der Waals surface area contributed by atoms with Crippen molar-refractivity contribution in [3.8, 4) is 0 Å². The van der Waals surface area contributed by atoms with E-state index in [-0.39, 0.29) is 29.6 Å². The van der Waals surface area contributed by atoms with Crippen molar-refractivity contribution in [2.75, 3.05) is 0 Å². The minimum atomic E-state index is -5.21. The first-order valence-corrected chi connectivity index (χ1v) is 9.89. The van der Waals surface area contributed by atoms with Crippen LogP contribution >= 0.6 is 0 Å². The molecule has 0 aliphatic rings. The predicted octanol–water partition coefficient (Wildman–Crippen LogP) is 1.52. The summed E-state index contributed by atoms with van der Waals surface area (Å²) in [6, 6.07) is 6.21. The Bertz CT molecular complexity index is 1210. The second kappa shape index (κ2) is 9.08. The molecular formula is C14H11N2NaO10S2. The Morgan fingerprint density at radius 1 is 0.793 bits per heavy atom. The summed E-state index contributed by atoms with van der Waals surface area (Å²) in [5.74, 6) is 0. The van der Waals surface area contributed by atoms with E-state index in [4.69, 9.17) is 4.55 Å². The number of nitro benzene ring substituents is 2. The fraction of sp³-hybridized carbons (Fsp3) is 0. The number of rotatable bonds is 6. The monoisotopic (exact) mass is 454 g/mol. The number of nitrogens with zero attached hydrogens (tertiary/aromatic N) is 2. The van der Waals surface area contributed by atoms with Crippen LogP contribution in [0.4, 0.5) is 11.4 Å². The van der Waals surface area contributed by atoms with Crippen molar-refractivity contribution in [1.82, 2.24) is 0 Å². The van der Waals surface area contributed by atoms with Crippen LogP contribution in [0.15, 0.2) is 46.2 Å². The zero-order valence-electron chi connectivity index (χ0n) is 13.5. The molecule has 0 fully saturated rings. The molecule has 2 aromatic rings. The Kier molecular flexibility index (Phi) is 7.78. The summed E-state index contributed by atoms with van der Waals surface area (Å²) in [5, 5.41) is 22.1. The summed E-state index contributed by atoms with van der Waals surface area (Å²) in [4.78, 5) is 18.0. The molecule has 0 unspecified atom stereocenters. The second-order valence-corrected chi connectivity index (χ2v) is 8.00. The van der Waals surface area contributed by atoms with Crippen LogP contribution in [0.5, 0.6) is 0 Å². The van der Waals surface area contributed by atoms with Gasteiger partial charge in [0.2, 0.25) is 0 Å². The molecule has 15 heteroatoms. The van der Waals surface area contributed by atoms with Crippen LogP contribution in [0.3, 0.4) is 0 Å². The van der Waals surface area contributed by atoms with Gasteiger partial charge in [0.15, 0.2) is 4.90 Å². The van der Waals surface area contributed by atoms with Gasteiger partial charge in [0.1, 0.15) is 0 Å². The van der Waals surface area contributed by atoms with Crippen molar-refractivity contribution in [2.24, 2.45) is 0 Å². The van der Waals surface area contributed by atoms with Gasteiger partial charge in [0, 0.05) is 11.6 Å². The zero-order valence-corrected chi connectivity index (χ0v) is 15.1. The fourth-order valence-corrected chi connectivity index (χ4v) is 3.58. The standard InChI is InChI=1S/C14H10N2O10S2.Na.H/c17-15(18)12-8-5-10(14(28(24,25)26)13(12)16(19)20)4-1-9-2-6-11(7-3-9)27(21,22)23;;/h1-8H,(H,21,22,23)(H,24,25,26);;. The summed E-state index contributed by atoms with van der Waals surface area (Å²) >= 11 is 0. The average molecular weight is 454 g/mol. The van der Waals surface area contributed by atoms with Crippen LogP contribution in [0.25, 0.3) is 12.2 Å². The molecule has 0 saturated heterocycles. The molecule has 2 N–H and O–H groups in total. The van der Waals surface area contributed by atoms with Gasteiger partial charge in [0.25, 0.3) is 10.1 Å². The van der Waals surface area contributed by atoms with E-state index in [9.17, 15) is 41.6 Å². The van der Waals surface area contributed by atoms with Gasteiger partial charge >= 0.3 is 51.1 Å². The molecule has 0 heterocycles. The maximum atomic E-state index is 11.6. The summed E-state index contributed by atoms with van der Waals surface area (Å²) < 4.78 is 63.5. The van der Waals surface area contributed by atoms with Gasteiger partial charge in [-0.2, -0.15) is 16.8 Å². The Hall–Kier alpha value is -2.20. The Labute approximate surface area is 186 Å². The Morgan fingerprint density at radius 2 is 1.34 bits per heavy atom. The molecule has 2 rings (SSSR count). The summed E-state index contributed by atoms with van der Waals surface area (Å²) in [6.07, 6.45) is 2.25. The van der Waals surface area contributed by atoms with Crippen molar-refractivity contribution >= 4 is 73.3 Å². The molecule has 2 aromatic carbocycles. The third-order valence-electron chi connectivity index (χ3n) is 3.41. The molecule has 0 saturated carbocycles. The van der Waals surface area contributed by atoms with E-state index in [0.717, 1.165) is 24.3 Å². The van der Waals surface area contributed by atoms with Gasteiger partial charge < -0.3 is 0 Å². The topological polar surface area (TPSA) is 195 Å². The van der Waals surface area contributed by atoms with Crippen LogP contribution in [0.2, 0.25) is 0 Å². The minimum absolute atomic E-state index is 0. The van der Waals surface area contributed by atoms with Crippen molar-refractivity contribution in [3.05, 3.63) is 67.8 Å².